The largest absolute Gasteiger partial charge is 0.481 e. The van der Waals surface area contributed by atoms with Crippen LogP contribution in [-0.2, 0) is 94.3 Å². The van der Waals surface area contributed by atoms with E-state index in [4.69, 9.17) is 22.9 Å². The number of nitrogens with one attached hydrogen (secondary N) is 15. The number of primary amides is 2. The minimum Gasteiger partial charge on any atom is -0.481 e. The number of aliphatic hydroxyl groups excluding tert-OH is 2. The van der Waals surface area contributed by atoms with E-state index in [-0.39, 0.29) is 74.8 Å². The Morgan fingerprint density at radius 3 is 1.36 bits per heavy atom. The first-order valence-corrected chi connectivity index (χ1v) is 37.7. The molecule has 0 aromatic carbocycles. The van der Waals surface area contributed by atoms with Gasteiger partial charge in [0.2, 0.25) is 88.6 Å². The average Bonchev–Trinajstić information content (AvgIpc) is 1.41. The molecular formula is C68H113N21O21S. The lowest BCUT2D eigenvalue weighted by Gasteiger charge is -2.30. The third-order valence-electron chi connectivity index (χ3n) is 17.2. The molecule has 42 nitrogen and oxygen atoms in total. The van der Waals surface area contributed by atoms with Gasteiger partial charge in [-0.05, 0) is 93.6 Å². The molecule has 622 valence electrons. The van der Waals surface area contributed by atoms with E-state index in [1.165, 1.54) is 57.6 Å². The zero-order chi connectivity index (χ0) is 83.8. The Balaban J connectivity index is 2.48. The Morgan fingerprint density at radius 1 is 0.468 bits per heavy atom. The summed E-state index contributed by atoms with van der Waals surface area (Å²) in [6.45, 7) is 10.7. The summed E-state index contributed by atoms with van der Waals surface area (Å²) in [5, 5.41) is 70.9. The summed E-state index contributed by atoms with van der Waals surface area (Å²) in [7, 11) is 0. The molecular weight excluding hydrogens is 1480 g/mol. The van der Waals surface area contributed by atoms with Crippen LogP contribution in [0.1, 0.15) is 144 Å². The predicted octanol–water partition coefficient (Wildman–Crippen LogP) is -7.07. The van der Waals surface area contributed by atoms with Crippen molar-refractivity contribution in [2.45, 2.75) is 224 Å². The number of aliphatic carboxylic acids is 2. The highest BCUT2D eigenvalue weighted by Gasteiger charge is 2.39. The van der Waals surface area contributed by atoms with E-state index in [1.807, 2.05) is 0 Å². The lowest BCUT2D eigenvalue weighted by molar-refractivity contribution is -0.142. The molecule has 15 amide bonds. The second kappa shape index (κ2) is 50.4. The zero-order valence-corrected chi connectivity index (χ0v) is 64.7. The Labute approximate surface area is 646 Å². The van der Waals surface area contributed by atoms with Crippen molar-refractivity contribution >= 4 is 112 Å². The molecule has 0 bridgehead atoms. The summed E-state index contributed by atoms with van der Waals surface area (Å²) in [5.74, 6) is -19.9. The van der Waals surface area contributed by atoms with Crippen molar-refractivity contribution in [1.82, 2.24) is 89.1 Å². The van der Waals surface area contributed by atoms with Gasteiger partial charge in [-0.15, -0.1) is 0 Å². The molecule has 0 unspecified atom stereocenters. The second-order valence-electron chi connectivity index (χ2n) is 27.8. The van der Waals surface area contributed by atoms with Gasteiger partial charge in [0.05, 0.1) is 38.8 Å². The molecule has 0 fully saturated rings. The highest BCUT2D eigenvalue weighted by Crippen LogP contribution is 2.16. The van der Waals surface area contributed by atoms with Crippen LogP contribution in [0, 0.1) is 23.7 Å². The van der Waals surface area contributed by atoms with Gasteiger partial charge in [0.15, 0.2) is 0 Å². The number of unbranched alkanes of at least 4 members (excludes halogenated alkanes) is 1. The lowest BCUT2D eigenvalue weighted by Crippen LogP contribution is -2.62. The van der Waals surface area contributed by atoms with E-state index in [1.54, 1.807) is 40.9 Å². The molecule has 2 aromatic rings. The molecule has 111 heavy (non-hydrogen) atoms. The summed E-state index contributed by atoms with van der Waals surface area (Å²) in [4.78, 5) is 244. The quantitative estimate of drug-likeness (QED) is 0.0274. The first-order valence-electron chi connectivity index (χ1n) is 36.3. The number of carboxylic acid groups (broad SMARTS) is 2. The van der Waals surface area contributed by atoms with Crippen LogP contribution >= 0.6 is 11.8 Å². The summed E-state index contributed by atoms with van der Waals surface area (Å²) in [6, 6.07) is -20.2. The van der Waals surface area contributed by atoms with Gasteiger partial charge < -0.3 is 122 Å². The lowest BCUT2D eigenvalue weighted by atomic mass is 9.96. The second-order valence-corrected chi connectivity index (χ2v) is 28.8. The highest BCUT2D eigenvalue weighted by molar-refractivity contribution is 7.98. The van der Waals surface area contributed by atoms with Crippen molar-refractivity contribution in [1.29, 1.82) is 0 Å². The Bertz CT molecular complexity index is 3420. The van der Waals surface area contributed by atoms with Crippen molar-refractivity contribution in [3.63, 3.8) is 0 Å². The van der Waals surface area contributed by atoms with Crippen LogP contribution in [0.4, 0.5) is 0 Å². The van der Waals surface area contributed by atoms with Crippen LogP contribution in [-0.4, -0.2) is 258 Å². The van der Waals surface area contributed by atoms with Gasteiger partial charge in [0.25, 0.3) is 0 Å². The monoisotopic (exact) mass is 1590 g/mol. The van der Waals surface area contributed by atoms with E-state index < -0.39 is 243 Å². The average molecular weight is 1590 g/mol. The molecule has 0 radical (unpaired) electrons. The Kier molecular flexibility index (Phi) is 43.9. The SMILES string of the molecule is CC[C@H](C)[C@H](NC(=O)[C@H](CCC(=O)O)NC(=O)[C@H](CO)NC(=O)[C@@H](NC(=O)[C@@H](N)CO)C(C)C)C(=O)N[C@@H](CCC(N)=O)C(=O)N[C@@H](CC(C)C)C(=O)N[C@@H](CCSC)C(=O)N[C@@H](Cc1cnc[nH]1)C(=O)N[C@@H](CC(N)=O)C(=O)N[C@@H](CC(C)C)C(=O)NCC(=O)N[C@@H](CCCCN)C(=O)N[C@@H](Cc1cnc[nH]1)C(=O)O. The number of carbonyl (C=O) groups excluding carboxylic acids is 15. The van der Waals surface area contributed by atoms with Crippen LogP contribution in [0.3, 0.4) is 0 Å². The minimum atomic E-state index is -1.83. The van der Waals surface area contributed by atoms with Crippen LogP contribution in [0.5, 0.6) is 0 Å². The number of rotatable bonds is 55. The van der Waals surface area contributed by atoms with Crippen molar-refractivity contribution in [3.8, 4) is 0 Å². The van der Waals surface area contributed by atoms with Crippen molar-refractivity contribution in [2.24, 2.45) is 46.6 Å². The molecule has 2 aromatic heterocycles. The minimum absolute atomic E-state index is 0.0322. The number of hydrogen-bond acceptors (Lipinski definition) is 24. The molecule has 43 heteroatoms. The van der Waals surface area contributed by atoms with Gasteiger partial charge in [-0.3, -0.25) is 76.7 Å². The summed E-state index contributed by atoms with van der Waals surface area (Å²) in [5.41, 5.74) is 23.0. The number of nitrogens with zero attached hydrogens (tertiary/aromatic N) is 2. The number of hydrogen-bond donors (Lipinski definition) is 23. The highest BCUT2D eigenvalue weighted by atomic mass is 32.2. The van der Waals surface area contributed by atoms with Gasteiger partial charge >= 0.3 is 11.9 Å². The Morgan fingerprint density at radius 2 is 0.892 bits per heavy atom. The fraction of sp³-hybridized carbons (Fsp3) is 0.662. The van der Waals surface area contributed by atoms with Gasteiger partial charge in [0, 0.05) is 49.5 Å². The van der Waals surface area contributed by atoms with Crippen molar-refractivity contribution in [3.05, 3.63) is 36.4 Å². The van der Waals surface area contributed by atoms with Gasteiger partial charge in [-0.1, -0.05) is 61.8 Å². The molecule has 14 atom stereocenters. The molecule has 0 aliphatic heterocycles. The number of thioether (sulfide) groups is 1. The zero-order valence-electron chi connectivity index (χ0n) is 63.9. The third-order valence-corrected chi connectivity index (χ3v) is 17.8. The maximum Gasteiger partial charge on any atom is 0.326 e. The van der Waals surface area contributed by atoms with E-state index >= 15 is 0 Å². The van der Waals surface area contributed by atoms with Crippen LogP contribution in [0.25, 0.3) is 0 Å². The van der Waals surface area contributed by atoms with Gasteiger partial charge in [0.1, 0.15) is 78.5 Å². The maximum atomic E-state index is 14.6. The van der Waals surface area contributed by atoms with E-state index in [2.05, 4.69) is 89.1 Å². The number of nitrogens with two attached hydrogens (primary N) is 4. The molecule has 27 N–H and O–H groups in total. The van der Waals surface area contributed by atoms with E-state index in [0.717, 1.165) is 0 Å². The first kappa shape index (κ1) is 96.7. The summed E-state index contributed by atoms with van der Waals surface area (Å²) in [6.07, 6.45) is 3.91. The fourth-order valence-corrected chi connectivity index (χ4v) is 11.3. The molecule has 2 heterocycles. The van der Waals surface area contributed by atoms with E-state index in [9.17, 15) is 102 Å². The number of H-pyrrole nitrogens is 2. The van der Waals surface area contributed by atoms with Gasteiger partial charge in [-0.2, -0.15) is 11.8 Å². The van der Waals surface area contributed by atoms with Crippen LogP contribution in [0.2, 0.25) is 0 Å². The molecule has 0 spiro atoms. The molecule has 2 rings (SSSR count). The fourth-order valence-electron chi connectivity index (χ4n) is 10.8. The smallest absolute Gasteiger partial charge is 0.326 e. The summed E-state index contributed by atoms with van der Waals surface area (Å²) < 4.78 is 0. The normalized spacial score (nSPS) is 15.0. The van der Waals surface area contributed by atoms with Crippen molar-refractivity contribution in [2.75, 3.05) is 38.3 Å². The third kappa shape index (κ3) is 36.3. The number of aromatic nitrogens is 4. The topological polar surface area (TPSA) is 689 Å². The van der Waals surface area contributed by atoms with Crippen molar-refractivity contribution < 1.29 is 102 Å². The molecule has 0 saturated heterocycles. The number of aliphatic hydroxyl groups is 2. The van der Waals surface area contributed by atoms with E-state index in [0.29, 0.717) is 18.5 Å². The molecule has 0 aliphatic carbocycles. The number of aromatic amines is 2. The number of imidazole rings is 2. The predicted molar refractivity (Wildman–Crippen MR) is 399 cm³/mol. The molecule has 0 aliphatic rings. The molecule has 0 saturated carbocycles. The van der Waals surface area contributed by atoms with Crippen LogP contribution < -0.4 is 92.1 Å². The maximum absolute atomic E-state index is 14.6. The number of carbonyl (C=O) groups is 17. The Hall–Kier alpha value is -10.4. The summed E-state index contributed by atoms with van der Waals surface area (Å²) >= 11 is 1.26. The van der Waals surface area contributed by atoms with Gasteiger partial charge in [-0.25, -0.2) is 14.8 Å². The standard InChI is InChI=1S/C68H113N21O21S/c1-10-36(8)55(89-61(102)42(15-17-53(95)96)79-65(106)49(30-91)87-66(107)54(35(6)7)88-56(97)39(70)29-90)67(108)81-41(14-16-50(71)92)59(100)83-45(22-34(4)5)62(103)80-43(18-20-111-9)60(101)84-46(23-37-26-73-31-76-37)63(104)85-47(25-51(72)93)64(105)82-44(21-33(2)3)57(98)75-28-52(94)78-40(13-11-12-19-69)58(99)86-48(68(109)110)24-38-27-74-32-77-38/h26-27,31-36,39-49,54-55,90-91H,10-25,28-30,69-70H2,1-9H3,(H2,71,92)(H2,72,93)(H,73,76)(H,74,77)(H,75,98)(H,78,94)(H,79,106)(H,80,103)(H,81,108)(H,82,105)(H,83,100)(H,84,101)(H,85,104)(H,86,99)(H,87,107)(H,88,97)(H,89,102)(H,95,96)(H,109,110)/t36-,39-,40-,41-,42-,43-,44-,45-,46-,47-,48-,49-,54-,55-/m0/s1. The number of carboxylic acids is 2. The first-order chi connectivity index (χ1) is 52.3. The van der Waals surface area contributed by atoms with Crippen LogP contribution in [0.15, 0.2) is 25.0 Å². The number of amides is 15.